The third-order valence-corrected chi connectivity index (χ3v) is 5.76. The fourth-order valence-electron chi connectivity index (χ4n) is 3.90. The van der Waals surface area contributed by atoms with E-state index in [2.05, 4.69) is 15.2 Å². The maximum atomic E-state index is 13.0. The van der Waals surface area contributed by atoms with Crippen LogP contribution in [0.25, 0.3) is 0 Å². The highest BCUT2D eigenvalue weighted by Crippen LogP contribution is 2.28. The second-order valence-corrected chi connectivity index (χ2v) is 8.38. The zero-order chi connectivity index (χ0) is 22.5. The third-order valence-electron chi connectivity index (χ3n) is 5.42. The number of aromatic amines is 1. The van der Waals surface area contributed by atoms with E-state index in [-0.39, 0.29) is 18.1 Å². The van der Waals surface area contributed by atoms with Crippen LogP contribution in [0.4, 0.5) is 0 Å². The number of hydrogen-bond acceptors (Lipinski definition) is 5. The Morgan fingerprint density at radius 1 is 1.23 bits per heavy atom. The summed E-state index contributed by atoms with van der Waals surface area (Å²) in [6, 6.07) is 7.60. The summed E-state index contributed by atoms with van der Waals surface area (Å²) in [5.74, 6) is -0.697. The number of morpholine rings is 1. The number of benzene rings is 1. The number of aryl methyl sites for hydroxylation is 1. The van der Waals surface area contributed by atoms with E-state index in [0.29, 0.717) is 47.3 Å². The lowest BCUT2D eigenvalue weighted by atomic mass is 10.0. The van der Waals surface area contributed by atoms with Crippen molar-refractivity contribution in [1.29, 1.82) is 0 Å². The maximum absolute atomic E-state index is 13.0. The van der Waals surface area contributed by atoms with E-state index in [9.17, 15) is 9.59 Å². The van der Waals surface area contributed by atoms with Crippen molar-refractivity contribution >= 4 is 23.5 Å². The van der Waals surface area contributed by atoms with Crippen molar-refractivity contribution in [3.05, 3.63) is 57.4 Å². The molecule has 1 unspecified atom stereocenters. The fourth-order valence-corrected chi connectivity index (χ4v) is 4.17. The molecule has 7 nitrogen and oxygen atoms in total. The molecule has 1 amide bonds. The molecule has 1 atom stereocenters. The van der Waals surface area contributed by atoms with Gasteiger partial charge in [-0.05, 0) is 44.9 Å². The molecule has 0 aliphatic carbocycles. The highest BCUT2D eigenvalue weighted by atomic mass is 35.5. The van der Waals surface area contributed by atoms with Crippen molar-refractivity contribution in [2.45, 2.75) is 39.8 Å². The van der Waals surface area contributed by atoms with Crippen LogP contribution in [0.15, 0.2) is 24.3 Å². The summed E-state index contributed by atoms with van der Waals surface area (Å²) in [4.78, 5) is 30.7. The van der Waals surface area contributed by atoms with E-state index < -0.39 is 5.97 Å². The number of hydrogen-bond donors (Lipinski definition) is 2. The summed E-state index contributed by atoms with van der Waals surface area (Å²) in [7, 11) is 0. The van der Waals surface area contributed by atoms with Crippen LogP contribution in [0.3, 0.4) is 0 Å². The van der Waals surface area contributed by atoms with Crippen molar-refractivity contribution in [3.8, 4) is 0 Å². The van der Waals surface area contributed by atoms with E-state index >= 15 is 0 Å². The van der Waals surface area contributed by atoms with Gasteiger partial charge >= 0.3 is 5.97 Å². The van der Waals surface area contributed by atoms with Gasteiger partial charge in [-0.3, -0.25) is 9.69 Å². The molecule has 1 aromatic heterocycles. The highest BCUT2D eigenvalue weighted by Gasteiger charge is 2.27. The lowest BCUT2D eigenvalue weighted by Crippen LogP contribution is -2.44. The Hall–Kier alpha value is -2.35. The van der Waals surface area contributed by atoms with Crippen LogP contribution >= 0.6 is 11.6 Å². The minimum Gasteiger partial charge on any atom is -0.459 e. The standard InChI is InChI=1S/C23H30ClN3O4/c1-14(2)31-23(29)20-15(3)21(26-16(20)4)22(28)25-13-19(27-9-11-30-12-10-27)17-7-5-6-8-18(17)24/h5-8,14,19,26H,9-13H2,1-4H3,(H,25,28). The van der Waals surface area contributed by atoms with Gasteiger partial charge in [0.15, 0.2) is 0 Å². The molecule has 1 aromatic carbocycles. The van der Waals surface area contributed by atoms with Crippen LogP contribution in [0.2, 0.25) is 5.02 Å². The van der Waals surface area contributed by atoms with Crippen molar-refractivity contribution < 1.29 is 19.1 Å². The molecule has 1 aliphatic rings. The monoisotopic (exact) mass is 447 g/mol. The molecule has 0 radical (unpaired) electrons. The Morgan fingerprint density at radius 3 is 2.55 bits per heavy atom. The van der Waals surface area contributed by atoms with Crippen molar-refractivity contribution in [1.82, 2.24) is 15.2 Å². The van der Waals surface area contributed by atoms with Crippen molar-refractivity contribution in [3.63, 3.8) is 0 Å². The second kappa shape index (κ2) is 10.3. The molecule has 3 rings (SSSR count). The predicted molar refractivity (Wildman–Crippen MR) is 120 cm³/mol. The molecule has 31 heavy (non-hydrogen) atoms. The number of rotatable bonds is 7. The topological polar surface area (TPSA) is 83.7 Å². The summed E-state index contributed by atoms with van der Waals surface area (Å²) in [6.07, 6.45) is -0.233. The first-order chi connectivity index (χ1) is 14.8. The number of ether oxygens (including phenoxy) is 2. The van der Waals surface area contributed by atoms with Crippen LogP contribution in [-0.2, 0) is 9.47 Å². The smallest absolute Gasteiger partial charge is 0.340 e. The molecule has 0 spiro atoms. The van der Waals surface area contributed by atoms with Crippen molar-refractivity contribution in [2.24, 2.45) is 0 Å². The molecular weight excluding hydrogens is 418 g/mol. The molecule has 1 saturated heterocycles. The van der Waals surface area contributed by atoms with E-state index in [4.69, 9.17) is 21.1 Å². The number of nitrogens with one attached hydrogen (secondary N) is 2. The number of H-pyrrole nitrogens is 1. The highest BCUT2D eigenvalue weighted by molar-refractivity contribution is 6.31. The average Bonchev–Trinajstić information content (AvgIpc) is 3.03. The van der Waals surface area contributed by atoms with Crippen molar-refractivity contribution in [2.75, 3.05) is 32.8 Å². The molecule has 1 aliphatic heterocycles. The van der Waals surface area contributed by atoms with Crippen LogP contribution in [-0.4, -0.2) is 60.7 Å². The van der Waals surface area contributed by atoms with Gasteiger partial charge in [0.1, 0.15) is 5.69 Å². The Bertz CT molecular complexity index is 935. The van der Waals surface area contributed by atoms with Gasteiger partial charge in [0, 0.05) is 30.4 Å². The first-order valence-electron chi connectivity index (χ1n) is 10.5. The Morgan fingerprint density at radius 2 is 1.90 bits per heavy atom. The lowest BCUT2D eigenvalue weighted by molar-refractivity contribution is 0.0162. The number of amides is 1. The Balaban J connectivity index is 1.78. The molecule has 2 aromatic rings. The summed E-state index contributed by atoms with van der Waals surface area (Å²) in [6.45, 7) is 10.3. The van der Waals surface area contributed by atoms with Gasteiger partial charge in [0.2, 0.25) is 0 Å². The molecule has 0 bridgehead atoms. The normalized spacial score (nSPS) is 15.7. The summed E-state index contributed by atoms with van der Waals surface area (Å²) >= 11 is 6.47. The van der Waals surface area contributed by atoms with E-state index in [0.717, 1.165) is 18.7 Å². The predicted octanol–water partition coefficient (Wildman–Crippen LogP) is 3.65. The first kappa shape index (κ1) is 23.3. The SMILES string of the molecule is Cc1[nH]c(C(=O)NCC(c2ccccc2Cl)N2CCOCC2)c(C)c1C(=O)OC(C)C. The molecule has 0 saturated carbocycles. The van der Waals surface area contributed by atoms with Crippen LogP contribution in [0, 0.1) is 13.8 Å². The van der Waals surface area contributed by atoms with E-state index in [1.807, 2.05) is 24.3 Å². The minimum atomic E-state index is -0.428. The number of nitrogens with zero attached hydrogens (tertiary/aromatic N) is 1. The minimum absolute atomic E-state index is 0.0803. The number of carbonyl (C=O) groups is 2. The first-order valence-corrected chi connectivity index (χ1v) is 10.9. The third kappa shape index (κ3) is 5.47. The average molecular weight is 448 g/mol. The van der Waals surface area contributed by atoms with Gasteiger partial charge in [-0.1, -0.05) is 29.8 Å². The summed E-state index contributed by atoms with van der Waals surface area (Å²) in [5, 5.41) is 3.69. The maximum Gasteiger partial charge on any atom is 0.340 e. The van der Waals surface area contributed by atoms with Crippen LogP contribution in [0.1, 0.15) is 57.6 Å². The van der Waals surface area contributed by atoms with Crippen LogP contribution in [0.5, 0.6) is 0 Å². The molecule has 8 heteroatoms. The van der Waals surface area contributed by atoms with Gasteiger partial charge < -0.3 is 19.8 Å². The summed E-state index contributed by atoms with van der Waals surface area (Å²) < 4.78 is 10.8. The lowest BCUT2D eigenvalue weighted by Gasteiger charge is -2.35. The second-order valence-electron chi connectivity index (χ2n) is 7.97. The number of esters is 1. The zero-order valence-corrected chi connectivity index (χ0v) is 19.2. The number of aromatic nitrogens is 1. The van der Waals surface area contributed by atoms with E-state index in [1.54, 1.807) is 27.7 Å². The zero-order valence-electron chi connectivity index (χ0n) is 18.5. The molecular formula is C23H30ClN3O4. The number of carbonyl (C=O) groups excluding carboxylic acids is 2. The fraction of sp³-hybridized carbons (Fsp3) is 0.478. The van der Waals surface area contributed by atoms with Gasteiger partial charge in [-0.2, -0.15) is 0 Å². The number of halogens is 1. The van der Waals surface area contributed by atoms with E-state index in [1.165, 1.54) is 0 Å². The Labute approximate surface area is 188 Å². The van der Waals surface area contributed by atoms with Gasteiger partial charge in [0.05, 0.1) is 30.9 Å². The molecule has 1 fully saturated rings. The molecule has 168 valence electrons. The van der Waals surface area contributed by atoms with Gasteiger partial charge in [-0.15, -0.1) is 0 Å². The van der Waals surface area contributed by atoms with Gasteiger partial charge in [0.25, 0.3) is 5.91 Å². The largest absolute Gasteiger partial charge is 0.459 e. The Kier molecular flexibility index (Phi) is 7.75. The summed E-state index contributed by atoms with van der Waals surface area (Å²) in [5.41, 5.74) is 2.94. The molecule has 2 N–H and O–H groups in total. The van der Waals surface area contributed by atoms with Gasteiger partial charge in [-0.25, -0.2) is 4.79 Å². The van der Waals surface area contributed by atoms with Crippen LogP contribution < -0.4 is 5.32 Å². The quantitative estimate of drug-likeness (QED) is 0.633. The molecule has 2 heterocycles.